The van der Waals surface area contributed by atoms with Crippen LogP contribution in [0.15, 0.2) is 29.2 Å². The summed E-state index contributed by atoms with van der Waals surface area (Å²) in [6, 6.07) is 2.73. The SMILES string of the molecule is Cl.O=C(NCc1ccc(F)cc1F)c1cn2c(c(OCOC(=O)[C@@H]3CCCN3)c1=O)C(=O)N1C[C@H]3CCCN3[C@@H]1C2. The summed E-state index contributed by atoms with van der Waals surface area (Å²) in [5.41, 5.74) is -1.15. The molecule has 2 N–H and O–H groups in total. The van der Waals surface area contributed by atoms with E-state index in [1.54, 1.807) is 4.90 Å². The third-order valence-electron chi connectivity index (χ3n) is 8.08. The van der Waals surface area contributed by atoms with E-state index in [-0.39, 0.29) is 53.7 Å². The highest BCUT2D eigenvalue weighted by atomic mass is 35.5. The molecule has 11 nitrogen and oxygen atoms in total. The Morgan fingerprint density at radius 1 is 1.12 bits per heavy atom. The lowest BCUT2D eigenvalue weighted by Crippen LogP contribution is -2.50. The summed E-state index contributed by atoms with van der Waals surface area (Å²) in [6.45, 7) is 1.48. The highest BCUT2D eigenvalue weighted by molar-refractivity contribution is 5.99. The van der Waals surface area contributed by atoms with Crippen LogP contribution in [-0.4, -0.2) is 76.8 Å². The molecule has 0 saturated carbocycles. The molecule has 3 saturated heterocycles. The van der Waals surface area contributed by atoms with Crippen molar-refractivity contribution in [2.24, 2.45) is 0 Å². The van der Waals surface area contributed by atoms with Crippen LogP contribution >= 0.6 is 12.4 Å². The monoisotopic (exact) mass is 593 g/mol. The minimum absolute atomic E-state index is 0. The number of esters is 1. The lowest BCUT2D eigenvalue weighted by molar-refractivity contribution is -0.152. The van der Waals surface area contributed by atoms with E-state index in [0.29, 0.717) is 32.1 Å². The second-order valence-electron chi connectivity index (χ2n) is 10.5. The highest BCUT2D eigenvalue weighted by Crippen LogP contribution is 2.35. The van der Waals surface area contributed by atoms with Gasteiger partial charge in [0.2, 0.25) is 18.0 Å². The normalized spacial score (nSPS) is 22.9. The molecule has 6 rings (SSSR count). The summed E-state index contributed by atoms with van der Waals surface area (Å²) in [5, 5.41) is 5.50. The number of carbonyl (C=O) groups is 3. The van der Waals surface area contributed by atoms with Crippen LogP contribution in [0.4, 0.5) is 8.78 Å². The van der Waals surface area contributed by atoms with Gasteiger partial charge in [0.15, 0.2) is 5.69 Å². The van der Waals surface area contributed by atoms with Gasteiger partial charge in [0.05, 0.1) is 6.54 Å². The van der Waals surface area contributed by atoms with Crippen molar-refractivity contribution in [3.05, 3.63) is 63.1 Å². The Morgan fingerprint density at radius 3 is 2.71 bits per heavy atom. The fourth-order valence-electron chi connectivity index (χ4n) is 6.08. The predicted octanol–water partition coefficient (Wildman–Crippen LogP) is 1.37. The van der Waals surface area contributed by atoms with Gasteiger partial charge in [0.1, 0.15) is 29.4 Å². The molecule has 0 radical (unpaired) electrons. The molecular formula is C27H30ClF2N5O6. The number of pyridine rings is 1. The summed E-state index contributed by atoms with van der Waals surface area (Å²) in [7, 11) is 0. The fourth-order valence-corrected chi connectivity index (χ4v) is 6.08. The minimum Gasteiger partial charge on any atom is -0.451 e. The van der Waals surface area contributed by atoms with Gasteiger partial charge < -0.3 is 29.6 Å². The maximum Gasteiger partial charge on any atom is 0.326 e. The number of fused-ring (bicyclic) bond motifs is 4. The van der Waals surface area contributed by atoms with Crippen LogP contribution in [0.2, 0.25) is 0 Å². The van der Waals surface area contributed by atoms with Gasteiger partial charge in [-0.1, -0.05) is 6.07 Å². The van der Waals surface area contributed by atoms with Crippen LogP contribution in [-0.2, 0) is 22.6 Å². The van der Waals surface area contributed by atoms with Gasteiger partial charge in [-0.15, -0.1) is 12.4 Å². The van der Waals surface area contributed by atoms with E-state index in [1.807, 2.05) is 0 Å². The molecule has 0 unspecified atom stereocenters. The number of aromatic nitrogens is 1. The first-order chi connectivity index (χ1) is 19.3. The third-order valence-corrected chi connectivity index (χ3v) is 8.08. The van der Waals surface area contributed by atoms with E-state index < -0.39 is 47.7 Å². The predicted molar refractivity (Wildman–Crippen MR) is 143 cm³/mol. The van der Waals surface area contributed by atoms with Gasteiger partial charge in [0, 0.05) is 43.5 Å². The maximum atomic E-state index is 14.1. The average molecular weight is 594 g/mol. The fraction of sp³-hybridized carbons (Fsp3) is 0.481. The van der Waals surface area contributed by atoms with E-state index in [9.17, 15) is 28.0 Å². The van der Waals surface area contributed by atoms with Crippen LogP contribution in [0.25, 0.3) is 0 Å². The molecule has 4 aliphatic heterocycles. The average Bonchev–Trinajstić information content (AvgIpc) is 3.68. The Bertz CT molecular complexity index is 1430. The first kappa shape index (κ1) is 29.0. The summed E-state index contributed by atoms with van der Waals surface area (Å²) < 4.78 is 39.7. The number of amides is 2. The van der Waals surface area contributed by atoms with Crippen LogP contribution < -0.4 is 20.8 Å². The van der Waals surface area contributed by atoms with E-state index in [0.717, 1.165) is 31.9 Å². The zero-order chi connectivity index (χ0) is 28.0. The smallest absolute Gasteiger partial charge is 0.326 e. The molecule has 220 valence electrons. The van der Waals surface area contributed by atoms with Crippen molar-refractivity contribution < 1.29 is 32.6 Å². The Balaban J connectivity index is 0.00000337. The molecule has 1 aromatic carbocycles. The molecule has 0 aliphatic carbocycles. The molecule has 2 amide bonds. The van der Waals surface area contributed by atoms with Crippen LogP contribution in [0.1, 0.15) is 52.1 Å². The van der Waals surface area contributed by atoms with E-state index in [2.05, 4.69) is 15.5 Å². The first-order valence-electron chi connectivity index (χ1n) is 13.4. The lowest BCUT2D eigenvalue weighted by Gasteiger charge is -2.36. The number of hydrogen-bond donors (Lipinski definition) is 2. The number of halogens is 3. The Hall–Kier alpha value is -3.55. The first-order valence-corrected chi connectivity index (χ1v) is 13.4. The number of carbonyl (C=O) groups excluding carboxylic acids is 3. The topological polar surface area (TPSA) is 122 Å². The van der Waals surface area contributed by atoms with E-state index >= 15 is 0 Å². The van der Waals surface area contributed by atoms with Gasteiger partial charge in [-0.2, -0.15) is 0 Å². The molecule has 2 aromatic rings. The molecule has 14 heteroatoms. The Morgan fingerprint density at radius 2 is 1.95 bits per heavy atom. The lowest BCUT2D eigenvalue weighted by atomic mass is 10.1. The van der Waals surface area contributed by atoms with Crippen molar-refractivity contribution in [3.63, 3.8) is 0 Å². The van der Waals surface area contributed by atoms with E-state index in [4.69, 9.17) is 9.47 Å². The van der Waals surface area contributed by atoms with Crippen molar-refractivity contribution >= 4 is 30.2 Å². The minimum atomic E-state index is -0.857. The maximum absolute atomic E-state index is 14.1. The van der Waals surface area contributed by atoms with Gasteiger partial charge in [-0.05, 0) is 38.3 Å². The van der Waals surface area contributed by atoms with Crippen molar-refractivity contribution in [2.75, 3.05) is 26.4 Å². The summed E-state index contributed by atoms with van der Waals surface area (Å²) in [4.78, 5) is 56.6. The second kappa shape index (κ2) is 11.7. The number of benzene rings is 1. The molecule has 0 bridgehead atoms. The molecule has 1 aromatic heterocycles. The summed E-state index contributed by atoms with van der Waals surface area (Å²) in [5.74, 6) is -3.73. The van der Waals surface area contributed by atoms with Crippen molar-refractivity contribution in [1.29, 1.82) is 0 Å². The van der Waals surface area contributed by atoms with Crippen LogP contribution in [0.5, 0.6) is 5.75 Å². The molecule has 4 aliphatic rings. The summed E-state index contributed by atoms with van der Waals surface area (Å²) >= 11 is 0. The third kappa shape index (κ3) is 5.41. The van der Waals surface area contributed by atoms with Crippen molar-refractivity contribution in [2.45, 2.75) is 57.0 Å². The number of rotatable bonds is 7. The number of hydrogen-bond acceptors (Lipinski definition) is 8. The number of ether oxygens (including phenoxy) is 2. The van der Waals surface area contributed by atoms with Gasteiger partial charge in [-0.25, -0.2) is 8.78 Å². The molecule has 3 atom stereocenters. The zero-order valence-electron chi connectivity index (χ0n) is 22.1. The zero-order valence-corrected chi connectivity index (χ0v) is 22.9. The largest absolute Gasteiger partial charge is 0.451 e. The Labute approximate surface area is 240 Å². The highest BCUT2D eigenvalue weighted by Gasteiger charge is 2.48. The standard InChI is InChI=1S/C27H29F2N5O6.ClH/c28-16-6-5-15(19(29)9-16)10-31-25(36)18-12-32-13-21-33-8-2-3-17(33)11-34(21)26(37)22(32)24(23(18)35)39-14-40-27(38)20-4-1-7-30-20;/h5-6,9,12,17,20-21,30H,1-4,7-8,10-11,13-14H2,(H,31,36);1H/t17-,20+,21+;/m1./s1. The van der Waals surface area contributed by atoms with Crippen LogP contribution in [0.3, 0.4) is 0 Å². The van der Waals surface area contributed by atoms with Gasteiger partial charge in [0.25, 0.3) is 11.8 Å². The Kier molecular flexibility index (Phi) is 8.30. The molecule has 5 heterocycles. The molecule has 3 fully saturated rings. The van der Waals surface area contributed by atoms with E-state index in [1.165, 1.54) is 16.8 Å². The van der Waals surface area contributed by atoms with Crippen molar-refractivity contribution in [1.82, 2.24) is 25.0 Å². The molecule has 0 spiro atoms. The van der Waals surface area contributed by atoms with Crippen LogP contribution in [0, 0.1) is 11.6 Å². The molecule has 41 heavy (non-hydrogen) atoms. The summed E-state index contributed by atoms with van der Waals surface area (Å²) in [6.07, 6.45) is 4.54. The molecular weight excluding hydrogens is 564 g/mol. The van der Waals surface area contributed by atoms with Gasteiger partial charge >= 0.3 is 5.97 Å². The second-order valence-corrected chi connectivity index (χ2v) is 10.5. The number of nitrogens with one attached hydrogen (secondary N) is 2. The van der Waals surface area contributed by atoms with Gasteiger partial charge in [-0.3, -0.25) is 24.1 Å². The quantitative estimate of drug-likeness (QED) is 0.365. The number of nitrogens with zero attached hydrogens (tertiary/aromatic N) is 3. The van der Waals surface area contributed by atoms with Crippen molar-refractivity contribution in [3.8, 4) is 5.75 Å².